The molecule has 0 saturated carbocycles. The van der Waals surface area contributed by atoms with Crippen LogP contribution in [0, 0.1) is 13.8 Å². The molecule has 0 fully saturated rings. The van der Waals surface area contributed by atoms with Crippen LogP contribution >= 0.6 is 0 Å². The highest BCUT2D eigenvalue weighted by atomic mass is 16.5. The Bertz CT molecular complexity index is 1130. The number of nitrogens with zero attached hydrogens (tertiary/aromatic N) is 2. The van der Waals surface area contributed by atoms with Gasteiger partial charge in [-0.25, -0.2) is 0 Å². The van der Waals surface area contributed by atoms with Gasteiger partial charge in [0, 0.05) is 17.8 Å². The lowest BCUT2D eigenvalue weighted by molar-refractivity contribution is -0.120. The summed E-state index contributed by atoms with van der Waals surface area (Å²) in [6, 6.07) is 13.1. The Morgan fingerprint density at radius 3 is 2.27 bits per heavy atom. The van der Waals surface area contributed by atoms with Crippen molar-refractivity contribution < 1.29 is 23.8 Å². The number of aryl methyl sites for hydroxylation is 2. The van der Waals surface area contributed by atoms with Crippen LogP contribution in [0.4, 0.5) is 0 Å². The van der Waals surface area contributed by atoms with Crippen molar-refractivity contribution in [3.63, 3.8) is 0 Å². The molecule has 2 aromatic carbocycles. The van der Waals surface area contributed by atoms with E-state index in [1.54, 1.807) is 0 Å². The molecule has 1 aromatic heterocycles. The van der Waals surface area contributed by atoms with Gasteiger partial charge >= 0.3 is 0 Å². The molecule has 1 heterocycles. The van der Waals surface area contributed by atoms with Crippen molar-refractivity contribution in [2.45, 2.75) is 26.9 Å². The first-order valence-electron chi connectivity index (χ1n) is 10.3. The summed E-state index contributed by atoms with van der Waals surface area (Å²) in [6.07, 6.45) is 0. The van der Waals surface area contributed by atoms with Crippen LogP contribution in [0.2, 0.25) is 0 Å². The minimum Gasteiger partial charge on any atom is -0.493 e. The Kier molecular flexibility index (Phi) is 7.55. The van der Waals surface area contributed by atoms with Gasteiger partial charge in [0.25, 0.3) is 11.8 Å². The summed E-state index contributed by atoms with van der Waals surface area (Å²) in [5.74, 6) is -0.231. The maximum atomic E-state index is 12.8. The van der Waals surface area contributed by atoms with Gasteiger partial charge in [-0.1, -0.05) is 24.3 Å². The highest BCUT2D eigenvalue weighted by Gasteiger charge is 2.18. The van der Waals surface area contributed by atoms with Gasteiger partial charge in [-0.2, -0.15) is 5.10 Å². The first-order valence-corrected chi connectivity index (χ1v) is 10.3. The molecule has 0 spiro atoms. The molecular weight excluding hydrogens is 424 g/mol. The molecule has 33 heavy (non-hydrogen) atoms. The second kappa shape index (κ2) is 10.5. The van der Waals surface area contributed by atoms with Crippen LogP contribution in [0.1, 0.15) is 32.9 Å². The third-order valence-electron chi connectivity index (χ3n) is 4.96. The number of amides is 2. The van der Waals surface area contributed by atoms with E-state index in [9.17, 15) is 9.59 Å². The van der Waals surface area contributed by atoms with E-state index in [2.05, 4.69) is 10.4 Å². The Hall–Kier alpha value is -4.01. The number of benzene rings is 2. The molecule has 9 nitrogen and oxygen atoms in total. The van der Waals surface area contributed by atoms with Gasteiger partial charge in [0.2, 0.25) is 5.75 Å². The van der Waals surface area contributed by atoms with E-state index in [-0.39, 0.29) is 29.8 Å². The van der Waals surface area contributed by atoms with E-state index in [4.69, 9.17) is 19.9 Å². The Morgan fingerprint density at radius 1 is 1.03 bits per heavy atom. The summed E-state index contributed by atoms with van der Waals surface area (Å²) in [6.45, 7) is 4.65. The number of nitrogens with one attached hydrogen (secondary N) is 1. The summed E-state index contributed by atoms with van der Waals surface area (Å²) in [7, 11) is 2.86. The number of nitrogens with two attached hydrogens (primary N) is 1. The molecule has 3 N–H and O–H groups in total. The maximum absolute atomic E-state index is 12.8. The number of aromatic nitrogens is 2. The van der Waals surface area contributed by atoms with E-state index < -0.39 is 5.91 Å². The lowest BCUT2D eigenvalue weighted by Crippen LogP contribution is -2.23. The smallest absolute Gasteiger partial charge is 0.255 e. The van der Waals surface area contributed by atoms with Crippen LogP contribution in [0.3, 0.4) is 0 Å². The van der Waals surface area contributed by atoms with Crippen molar-refractivity contribution in [1.82, 2.24) is 15.1 Å². The van der Waals surface area contributed by atoms with Crippen molar-refractivity contribution in [3.05, 3.63) is 70.5 Å². The number of carbonyl (C=O) groups excluding carboxylic acids is 2. The monoisotopic (exact) mass is 452 g/mol. The molecule has 0 unspecified atom stereocenters. The SMILES string of the molecule is COc1cc(C(=O)NCc2cccc(Cn3nc(C)cc3C)c2)cc(OC)c1OCC(N)=O. The summed E-state index contributed by atoms with van der Waals surface area (Å²) in [5.41, 5.74) is 9.60. The zero-order valence-corrected chi connectivity index (χ0v) is 19.2. The van der Waals surface area contributed by atoms with E-state index in [1.165, 1.54) is 26.4 Å². The van der Waals surface area contributed by atoms with Crippen molar-refractivity contribution in [3.8, 4) is 17.2 Å². The van der Waals surface area contributed by atoms with Gasteiger partial charge in [0.05, 0.1) is 26.5 Å². The summed E-state index contributed by atoms with van der Waals surface area (Å²) >= 11 is 0. The first-order chi connectivity index (χ1) is 15.8. The minimum atomic E-state index is -0.638. The second-order valence-electron chi connectivity index (χ2n) is 7.55. The molecule has 0 aliphatic heterocycles. The van der Waals surface area contributed by atoms with Crippen molar-refractivity contribution in [1.29, 1.82) is 0 Å². The normalized spacial score (nSPS) is 10.5. The van der Waals surface area contributed by atoms with Crippen LogP contribution < -0.4 is 25.3 Å². The number of rotatable bonds is 10. The molecule has 174 valence electrons. The lowest BCUT2D eigenvalue weighted by atomic mass is 10.1. The van der Waals surface area contributed by atoms with Gasteiger partial charge in [-0.3, -0.25) is 14.3 Å². The van der Waals surface area contributed by atoms with Crippen LogP contribution in [0.15, 0.2) is 42.5 Å². The van der Waals surface area contributed by atoms with Gasteiger partial charge in [0.15, 0.2) is 18.1 Å². The third kappa shape index (κ3) is 6.03. The molecule has 0 aliphatic rings. The molecule has 0 bridgehead atoms. The predicted molar refractivity (Wildman–Crippen MR) is 123 cm³/mol. The Labute approximate surface area is 192 Å². The fraction of sp³-hybridized carbons (Fsp3) is 0.292. The van der Waals surface area contributed by atoms with Crippen LogP contribution in [-0.4, -0.2) is 42.4 Å². The molecule has 2 amide bonds. The minimum absolute atomic E-state index is 0.201. The highest BCUT2D eigenvalue weighted by Crippen LogP contribution is 2.38. The fourth-order valence-corrected chi connectivity index (χ4v) is 3.43. The average molecular weight is 453 g/mol. The number of methoxy groups -OCH3 is 2. The zero-order chi connectivity index (χ0) is 24.0. The van der Waals surface area contributed by atoms with Crippen LogP contribution in [0.5, 0.6) is 17.2 Å². The molecule has 9 heteroatoms. The van der Waals surface area contributed by atoms with Gasteiger partial charge in [-0.15, -0.1) is 0 Å². The third-order valence-corrected chi connectivity index (χ3v) is 4.96. The Morgan fingerprint density at radius 2 is 1.70 bits per heavy atom. The van der Waals surface area contributed by atoms with Gasteiger partial charge in [-0.05, 0) is 43.2 Å². The van der Waals surface area contributed by atoms with Gasteiger partial charge in [0.1, 0.15) is 0 Å². The molecule has 0 atom stereocenters. The fourth-order valence-electron chi connectivity index (χ4n) is 3.43. The van der Waals surface area contributed by atoms with E-state index in [0.717, 1.165) is 22.5 Å². The average Bonchev–Trinajstić information content (AvgIpc) is 3.11. The van der Waals surface area contributed by atoms with Crippen LogP contribution in [-0.2, 0) is 17.9 Å². The molecule has 0 aliphatic carbocycles. The van der Waals surface area contributed by atoms with E-state index in [0.29, 0.717) is 18.7 Å². The largest absolute Gasteiger partial charge is 0.493 e. The molecule has 0 radical (unpaired) electrons. The zero-order valence-electron chi connectivity index (χ0n) is 19.2. The molecular formula is C24H28N4O5. The van der Waals surface area contributed by atoms with Crippen molar-refractivity contribution in [2.75, 3.05) is 20.8 Å². The number of hydrogen-bond acceptors (Lipinski definition) is 6. The quantitative estimate of drug-likeness (QED) is 0.488. The standard InChI is InChI=1S/C24H28N4O5/c1-15-8-16(2)28(27-15)13-18-7-5-6-17(9-18)12-26-24(30)19-10-20(31-3)23(21(11-19)32-4)33-14-22(25)29/h5-11H,12-14H2,1-4H3,(H2,25,29)(H,26,30). The first kappa shape index (κ1) is 23.6. The topological polar surface area (TPSA) is 118 Å². The molecule has 3 rings (SSSR count). The number of ether oxygens (including phenoxy) is 3. The Balaban J connectivity index is 1.71. The van der Waals surface area contributed by atoms with E-state index >= 15 is 0 Å². The lowest BCUT2D eigenvalue weighted by Gasteiger charge is -2.15. The maximum Gasteiger partial charge on any atom is 0.255 e. The highest BCUT2D eigenvalue weighted by molar-refractivity contribution is 5.95. The van der Waals surface area contributed by atoms with E-state index in [1.807, 2.05) is 48.9 Å². The van der Waals surface area contributed by atoms with Gasteiger partial charge < -0.3 is 25.3 Å². The number of carbonyl (C=O) groups is 2. The number of hydrogen-bond donors (Lipinski definition) is 2. The van der Waals surface area contributed by atoms with Crippen molar-refractivity contribution in [2.24, 2.45) is 5.73 Å². The summed E-state index contributed by atoms with van der Waals surface area (Å²) < 4.78 is 18.0. The summed E-state index contributed by atoms with van der Waals surface area (Å²) in [4.78, 5) is 23.9. The molecule has 3 aromatic rings. The second-order valence-corrected chi connectivity index (χ2v) is 7.55. The summed E-state index contributed by atoms with van der Waals surface area (Å²) in [5, 5.41) is 7.41. The van der Waals surface area contributed by atoms with Crippen molar-refractivity contribution >= 4 is 11.8 Å². The van der Waals surface area contributed by atoms with Crippen LogP contribution in [0.25, 0.3) is 0 Å². The molecule has 0 saturated heterocycles. The predicted octanol–water partition coefficient (Wildman–Crippen LogP) is 2.36. The number of primary amides is 1.